The van der Waals surface area contributed by atoms with Crippen molar-refractivity contribution in [2.75, 3.05) is 0 Å². The molecule has 0 aliphatic heterocycles. The van der Waals surface area contributed by atoms with E-state index in [1.165, 1.54) is 32.9 Å². The normalized spacial score (nSPS) is 14.1. The van der Waals surface area contributed by atoms with Crippen LogP contribution in [0.1, 0.15) is 40.2 Å². The molecule has 0 bridgehead atoms. The molecule has 50 heavy (non-hydrogen) atoms. The van der Waals surface area contributed by atoms with E-state index in [0.717, 1.165) is 45.2 Å². The number of allylic oxidation sites excluding steroid dienone is 4. The molecule has 0 fully saturated rings. The predicted octanol–water partition coefficient (Wildman–Crippen LogP) is 10.6. The van der Waals surface area contributed by atoms with Gasteiger partial charge in [-0.05, 0) is 78.2 Å². The zero-order valence-corrected chi connectivity index (χ0v) is 26.9. The highest BCUT2D eigenvalue weighted by Crippen LogP contribution is 2.41. The third kappa shape index (κ3) is 4.45. The molecule has 1 aliphatic rings. The van der Waals surface area contributed by atoms with Gasteiger partial charge in [-0.2, -0.15) is 15.8 Å². The standard InChI is InChI=1S/C45H27N5/c46-26-29-17-21-43-39(22-29)38-20-16-30(27-47)23-45(38)50(43)44-25-32(18-19-34(44)28-48)31-8-7-9-33(24-31)35-10-1-4-13-40(35)49-41-14-5-2-11-36(41)37-12-3-6-15-42(37)49/h1-23,25,31H,24H2. The molecule has 0 N–H and O–H groups in total. The fourth-order valence-electron chi connectivity index (χ4n) is 7.71. The van der Waals surface area contributed by atoms with Crippen LogP contribution in [0.3, 0.4) is 0 Å². The number of nitrogens with zero attached hydrogens (tertiary/aromatic N) is 5. The third-order valence-corrected chi connectivity index (χ3v) is 9.99. The van der Waals surface area contributed by atoms with Gasteiger partial charge in [0, 0.05) is 33.0 Å². The zero-order chi connectivity index (χ0) is 33.8. The molecule has 0 saturated carbocycles. The Labute approximate surface area is 288 Å². The minimum absolute atomic E-state index is 0.0700. The molecule has 2 aromatic heterocycles. The van der Waals surface area contributed by atoms with Gasteiger partial charge in [0.1, 0.15) is 6.07 Å². The zero-order valence-electron chi connectivity index (χ0n) is 26.9. The van der Waals surface area contributed by atoms with E-state index in [-0.39, 0.29) is 5.92 Å². The highest BCUT2D eigenvalue weighted by molar-refractivity contribution is 6.11. The van der Waals surface area contributed by atoms with Crippen LogP contribution >= 0.6 is 0 Å². The summed E-state index contributed by atoms with van der Waals surface area (Å²) < 4.78 is 4.44. The molecule has 8 aromatic rings. The van der Waals surface area contributed by atoms with Crippen molar-refractivity contribution in [2.24, 2.45) is 0 Å². The fraction of sp³-hybridized carbons (Fsp3) is 0.0444. The maximum absolute atomic E-state index is 10.3. The molecule has 0 amide bonds. The molecule has 1 aliphatic carbocycles. The van der Waals surface area contributed by atoms with Crippen molar-refractivity contribution in [3.8, 4) is 29.6 Å². The molecule has 5 nitrogen and oxygen atoms in total. The summed E-state index contributed by atoms with van der Waals surface area (Å²) in [5.74, 6) is 0.0700. The maximum Gasteiger partial charge on any atom is 0.101 e. The van der Waals surface area contributed by atoms with Crippen molar-refractivity contribution < 1.29 is 0 Å². The van der Waals surface area contributed by atoms with Gasteiger partial charge in [-0.25, -0.2) is 0 Å². The van der Waals surface area contributed by atoms with E-state index in [1.54, 1.807) is 12.1 Å². The first kappa shape index (κ1) is 29.0. The molecule has 0 radical (unpaired) electrons. The Hall–Kier alpha value is -7.13. The maximum atomic E-state index is 10.3. The van der Waals surface area contributed by atoms with Crippen LogP contribution in [0, 0.1) is 34.0 Å². The summed E-state index contributed by atoms with van der Waals surface area (Å²) in [6.07, 6.45) is 7.38. The second kappa shape index (κ2) is 11.5. The Morgan fingerprint density at radius 3 is 1.92 bits per heavy atom. The Balaban J connectivity index is 1.17. The molecule has 232 valence electrons. The van der Waals surface area contributed by atoms with Crippen LogP contribution in [0.25, 0.3) is 60.6 Å². The number of nitriles is 3. The minimum atomic E-state index is 0.0700. The van der Waals surface area contributed by atoms with E-state index in [1.807, 2.05) is 30.3 Å². The second-order valence-corrected chi connectivity index (χ2v) is 12.7. The van der Waals surface area contributed by atoms with Gasteiger partial charge in [-0.1, -0.05) is 85.0 Å². The number of rotatable bonds is 4. The van der Waals surface area contributed by atoms with Gasteiger partial charge in [0.25, 0.3) is 0 Å². The highest BCUT2D eigenvalue weighted by atomic mass is 15.0. The minimum Gasteiger partial charge on any atom is -0.309 e. The number of hydrogen-bond acceptors (Lipinski definition) is 3. The molecule has 1 unspecified atom stereocenters. The number of aromatic nitrogens is 2. The monoisotopic (exact) mass is 637 g/mol. The van der Waals surface area contributed by atoms with Crippen LogP contribution in [0.4, 0.5) is 0 Å². The van der Waals surface area contributed by atoms with E-state index < -0.39 is 0 Å². The topological polar surface area (TPSA) is 81.2 Å². The molecule has 6 aromatic carbocycles. The Bertz CT molecular complexity index is 2840. The molecule has 1 atom stereocenters. The lowest BCUT2D eigenvalue weighted by atomic mass is 9.84. The lowest BCUT2D eigenvalue weighted by Gasteiger charge is -2.23. The van der Waals surface area contributed by atoms with Gasteiger partial charge < -0.3 is 9.13 Å². The predicted molar refractivity (Wildman–Crippen MR) is 200 cm³/mol. The smallest absolute Gasteiger partial charge is 0.101 e. The van der Waals surface area contributed by atoms with Crippen molar-refractivity contribution in [3.63, 3.8) is 0 Å². The van der Waals surface area contributed by atoms with Crippen molar-refractivity contribution >= 4 is 49.2 Å². The van der Waals surface area contributed by atoms with E-state index in [2.05, 4.69) is 130 Å². The molecule has 9 rings (SSSR count). The molecule has 0 saturated heterocycles. The van der Waals surface area contributed by atoms with Crippen LogP contribution in [-0.4, -0.2) is 9.13 Å². The molecular formula is C45H27N5. The number of hydrogen-bond donors (Lipinski definition) is 0. The quantitative estimate of drug-likeness (QED) is 0.193. The lowest BCUT2D eigenvalue weighted by molar-refractivity contribution is 0.864. The highest BCUT2D eigenvalue weighted by Gasteiger charge is 2.22. The van der Waals surface area contributed by atoms with Gasteiger partial charge in [0.15, 0.2) is 0 Å². The first-order chi connectivity index (χ1) is 24.7. The summed E-state index contributed by atoms with van der Waals surface area (Å²) in [4.78, 5) is 0. The molecular weight excluding hydrogens is 611 g/mol. The average molecular weight is 638 g/mol. The largest absolute Gasteiger partial charge is 0.309 e. The van der Waals surface area contributed by atoms with Crippen LogP contribution in [0.15, 0.2) is 146 Å². The lowest BCUT2D eigenvalue weighted by Crippen LogP contribution is -2.06. The van der Waals surface area contributed by atoms with Crippen molar-refractivity contribution in [1.29, 1.82) is 15.8 Å². The van der Waals surface area contributed by atoms with Gasteiger partial charge in [0.05, 0.1) is 62.3 Å². The van der Waals surface area contributed by atoms with Gasteiger partial charge in [-0.3, -0.25) is 0 Å². The fourth-order valence-corrected chi connectivity index (χ4v) is 7.71. The van der Waals surface area contributed by atoms with Crippen molar-refractivity contribution in [1.82, 2.24) is 9.13 Å². The Kier molecular flexibility index (Phi) is 6.70. The summed E-state index contributed by atoms with van der Waals surface area (Å²) in [7, 11) is 0. The van der Waals surface area contributed by atoms with Crippen LogP contribution in [0.5, 0.6) is 0 Å². The average Bonchev–Trinajstić information content (AvgIpc) is 3.69. The number of fused-ring (bicyclic) bond motifs is 6. The summed E-state index contributed by atoms with van der Waals surface area (Å²) in [5.41, 5.74) is 11.1. The van der Waals surface area contributed by atoms with Crippen LogP contribution in [-0.2, 0) is 0 Å². The van der Waals surface area contributed by atoms with E-state index in [0.29, 0.717) is 16.7 Å². The molecule has 2 heterocycles. The van der Waals surface area contributed by atoms with Gasteiger partial charge in [-0.15, -0.1) is 0 Å². The van der Waals surface area contributed by atoms with Gasteiger partial charge in [0.2, 0.25) is 0 Å². The SMILES string of the molecule is N#Cc1ccc2c(c1)c1ccc(C#N)cc1n2-c1cc(C2C=CC=C(c3ccccc3-n3c4ccccc4c4ccccc43)C2)ccc1C#N. The van der Waals surface area contributed by atoms with E-state index in [9.17, 15) is 15.8 Å². The molecule has 0 spiro atoms. The van der Waals surface area contributed by atoms with Crippen LogP contribution < -0.4 is 0 Å². The van der Waals surface area contributed by atoms with E-state index in [4.69, 9.17) is 0 Å². The van der Waals surface area contributed by atoms with Crippen LogP contribution in [0.2, 0.25) is 0 Å². The first-order valence-corrected chi connectivity index (χ1v) is 16.5. The number of para-hydroxylation sites is 3. The summed E-state index contributed by atoms with van der Waals surface area (Å²) in [5, 5.41) is 34.0. The van der Waals surface area contributed by atoms with Crippen molar-refractivity contribution in [2.45, 2.75) is 12.3 Å². The summed E-state index contributed by atoms with van der Waals surface area (Å²) in [6.45, 7) is 0. The van der Waals surface area contributed by atoms with Gasteiger partial charge >= 0.3 is 0 Å². The molecule has 5 heteroatoms. The van der Waals surface area contributed by atoms with E-state index >= 15 is 0 Å². The first-order valence-electron chi connectivity index (χ1n) is 16.5. The second-order valence-electron chi connectivity index (χ2n) is 12.7. The number of benzene rings is 6. The third-order valence-electron chi connectivity index (χ3n) is 9.99. The van der Waals surface area contributed by atoms with Crippen molar-refractivity contribution in [3.05, 3.63) is 173 Å². The summed E-state index contributed by atoms with van der Waals surface area (Å²) >= 11 is 0. The Morgan fingerprint density at radius 1 is 0.520 bits per heavy atom. The summed E-state index contributed by atoms with van der Waals surface area (Å²) in [6, 6.07) is 50.0. The Morgan fingerprint density at radius 2 is 1.16 bits per heavy atom.